The van der Waals surface area contributed by atoms with Crippen LogP contribution < -0.4 is 9.62 Å². The zero-order valence-corrected chi connectivity index (χ0v) is 18.7. The van der Waals surface area contributed by atoms with E-state index in [0.717, 1.165) is 25.9 Å². The first-order chi connectivity index (χ1) is 16.3. The molecular weight excluding hydrogens is 498 g/mol. The van der Waals surface area contributed by atoms with Crippen LogP contribution in [0.1, 0.15) is 24.0 Å². The van der Waals surface area contributed by atoms with Gasteiger partial charge in [-0.3, -0.25) is 4.72 Å². The molecule has 0 atom stereocenters. The SMILES string of the molecule is O=S(=O)(Nc1cccc(-c2ccc(N3CCCC3)nn2)c1)c1cc(C(F)(F)F)cc(C(F)(F)F)c1. The van der Waals surface area contributed by atoms with Gasteiger partial charge in [0.1, 0.15) is 0 Å². The number of hydrogen-bond acceptors (Lipinski definition) is 5. The summed E-state index contributed by atoms with van der Waals surface area (Å²) in [6.07, 6.45) is -8.24. The highest BCUT2D eigenvalue weighted by molar-refractivity contribution is 7.92. The monoisotopic (exact) mass is 516 g/mol. The van der Waals surface area contributed by atoms with Gasteiger partial charge in [-0.15, -0.1) is 10.2 Å². The fourth-order valence-electron chi connectivity index (χ4n) is 3.63. The van der Waals surface area contributed by atoms with Gasteiger partial charge in [0, 0.05) is 24.3 Å². The molecule has 1 N–H and O–H groups in total. The standard InChI is InChI=1S/C22H18F6N4O2S/c23-21(24,25)15-11-16(22(26,27)28)13-18(12-15)35(33,34)31-17-5-3-4-14(10-17)19-6-7-20(30-29-19)32-8-1-2-9-32/h3-7,10-13,31H,1-2,8-9H2. The summed E-state index contributed by atoms with van der Waals surface area (Å²) in [6, 6.07) is 9.39. The lowest BCUT2D eigenvalue weighted by Crippen LogP contribution is -2.19. The zero-order chi connectivity index (χ0) is 25.4. The number of nitrogens with zero attached hydrogens (tertiary/aromatic N) is 3. The smallest absolute Gasteiger partial charge is 0.355 e. The molecule has 1 fully saturated rings. The molecule has 3 aromatic rings. The van der Waals surface area contributed by atoms with Gasteiger partial charge in [0.05, 0.1) is 21.7 Å². The number of hydrogen-bond donors (Lipinski definition) is 1. The third kappa shape index (κ3) is 5.66. The average Bonchev–Trinajstić information content (AvgIpc) is 3.33. The van der Waals surface area contributed by atoms with Crippen molar-refractivity contribution >= 4 is 21.5 Å². The summed E-state index contributed by atoms with van der Waals surface area (Å²) in [6.45, 7) is 1.74. The highest BCUT2D eigenvalue weighted by atomic mass is 32.2. The quantitative estimate of drug-likeness (QED) is 0.448. The molecule has 0 saturated carbocycles. The summed E-state index contributed by atoms with van der Waals surface area (Å²) in [4.78, 5) is 0.908. The van der Waals surface area contributed by atoms with Gasteiger partial charge in [0.25, 0.3) is 10.0 Å². The lowest BCUT2D eigenvalue weighted by Gasteiger charge is -2.16. The van der Waals surface area contributed by atoms with E-state index in [1.165, 1.54) is 18.2 Å². The predicted octanol–water partition coefficient (Wildman–Crippen LogP) is 5.58. The minimum atomic E-state index is -5.18. The van der Waals surface area contributed by atoms with E-state index in [2.05, 4.69) is 15.1 Å². The molecule has 1 aromatic heterocycles. The molecular formula is C22H18F6N4O2S. The van der Waals surface area contributed by atoms with Crippen molar-refractivity contribution in [3.63, 3.8) is 0 Å². The van der Waals surface area contributed by atoms with Gasteiger partial charge in [-0.05, 0) is 55.3 Å². The number of benzene rings is 2. The highest BCUT2D eigenvalue weighted by Gasteiger charge is 2.38. The van der Waals surface area contributed by atoms with E-state index in [1.807, 2.05) is 4.72 Å². The van der Waals surface area contributed by atoms with Gasteiger partial charge in [0.2, 0.25) is 0 Å². The molecule has 0 spiro atoms. The molecule has 13 heteroatoms. The molecule has 1 aliphatic rings. The molecule has 6 nitrogen and oxygen atoms in total. The van der Waals surface area contributed by atoms with Crippen molar-refractivity contribution in [3.05, 3.63) is 65.7 Å². The number of anilines is 2. The molecule has 35 heavy (non-hydrogen) atoms. The molecule has 1 saturated heterocycles. The molecule has 4 rings (SSSR count). The molecule has 2 heterocycles. The molecule has 1 aliphatic heterocycles. The molecule has 0 unspecified atom stereocenters. The fraction of sp³-hybridized carbons (Fsp3) is 0.273. The van der Waals surface area contributed by atoms with Crippen molar-refractivity contribution in [2.24, 2.45) is 0 Å². The van der Waals surface area contributed by atoms with Crippen molar-refractivity contribution in [2.75, 3.05) is 22.7 Å². The van der Waals surface area contributed by atoms with Crippen molar-refractivity contribution in [3.8, 4) is 11.3 Å². The van der Waals surface area contributed by atoms with Crippen LogP contribution >= 0.6 is 0 Å². The lowest BCUT2D eigenvalue weighted by atomic mass is 10.1. The van der Waals surface area contributed by atoms with Gasteiger partial charge in [-0.1, -0.05) is 12.1 Å². The van der Waals surface area contributed by atoms with Crippen molar-refractivity contribution in [1.82, 2.24) is 10.2 Å². The largest absolute Gasteiger partial charge is 0.416 e. The van der Waals surface area contributed by atoms with Crippen LogP contribution in [0.2, 0.25) is 0 Å². The topological polar surface area (TPSA) is 75.2 Å². The van der Waals surface area contributed by atoms with Crippen LogP contribution in [0.4, 0.5) is 37.8 Å². The Morgan fingerprint density at radius 2 is 1.43 bits per heavy atom. The average molecular weight is 516 g/mol. The zero-order valence-electron chi connectivity index (χ0n) is 17.9. The normalized spacial score (nSPS) is 14.9. The van der Waals surface area contributed by atoms with Crippen LogP contribution in [0.5, 0.6) is 0 Å². The predicted molar refractivity (Wildman–Crippen MR) is 116 cm³/mol. The van der Waals surface area contributed by atoms with Crippen molar-refractivity contribution < 1.29 is 34.8 Å². The first-order valence-electron chi connectivity index (χ1n) is 10.3. The van der Waals surface area contributed by atoms with Crippen LogP contribution in [0, 0.1) is 0 Å². The Bertz CT molecular complexity index is 1290. The Balaban J connectivity index is 1.63. The van der Waals surface area contributed by atoms with E-state index in [0.29, 0.717) is 17.1 Å². The summed E-state index contributed by atoms with van der Waals surface area (Å²) < 4.78 is 106. The van der Waals surface area contributed by atoms with Crippen LogP contribution in [0.25, 0.3) is 11.3 Å². The van der Waals surface area contributed by atoms with E-state index < -0.39 is 38.4 Å². The Morgan fingerprint density at radius 3 is 1.97 bits per heavy atom. The van der Waals surface area contributed by atoms with Gasteiger partial charge < -0.3 is 4.90 Å². The first-order valence-corrected chi connectivity index (χ1v) is 11.8. The maximum atomic E-state index is 13.1. The number of halogens is 6. The summed E-state index contributed by atoms with van der Waals surface area (Å²) in [5.41, 5.74) is -2.67. The molecule has 186 valence electrons. The van der Waals surface area contributed by atoms with E-state index in [-0.39, 0.29) is 23.9 Å². The Kier molecular flexibility index (Phi) is 6.38. The van der Waals surface area contributed by atoms with E-state index in [4.69, 9.17) is 0 Å². The number of nitrogens with one attached hydrogen (secondary N) is 1. The highest BCUT2D eigenvalue weighted by Crippen LogP contribution is 2.37. The number of alkyl halides is 6. The van der Waals surface area contributed by atoms with Gasteiger partial charge in [0.15, 0.2) is 5.82 Å². The number of aromatic nitrogens is 2. The molecule has 0 bridgehead atoms. The second kappa shape index (κ2) is 9.02. The van der Waals surface area contributed by atoms with E-state index in [9.17, 15) is 34.8 Å². The van der Waals surface area contributed by atoms with Gasteiger partial charge in [-0.25, -0.2) is 8.42 Å². The minimum absolute atomic E-state index is 0.0705. The second-order valence-corrected chi connectivity index (χ2v) is 9.58. The van der Waals surface area contributed by atoms with Gasteiger partial charge >= 0.3 is 12.4 Å². The van der Waals surface area contributed by atoms with Crippen LogP contribution in [0.3, 0.4) is 0 Å². The summed E-state index contributed by atoms with van der Waals surface area (Å²) >= 11 is 0. The molecule has 0 amide bonds. The summed E-state index contributed by atoms with van der Waals surface area (Å²) in [7, 11) is -4.79. The van der Waals surface area contributed by atoms with Crippen LogP contribution in [0.15, 0.2) is 59.5 Å². The maximum absolute atomic E-state index is 13.1. The lowest BCUT2D eigenvalue weighted by molar-refractivity contribution is -0.143. The third-order valence-electron chi connectivity index (χ3n) is 5.36. The summed E-state index contributed by atoms with van der Waals surface area (Å²) in [5.74, 6) is 0.702. The number of sulfonamides is 1. The Labute approximate surface area is 196 Å². The van der Waals surface area contributed by atoms with Crippen LogP contribution in [-0.2, 0) is 22.4 Å². The second-order valence-electron chi connectivity index (χ2n) is 7.90. The Hall–Kier alpha value is -3.35. The minimum Gasteiger partial charge on any atom is -0.355 e. The van der Waals surface area contributed by atoms with Crippen molar-refractivity contribution in [2.45, 2.75) is 30.1 Å². The first kappa shape index (κ1) is 24.8. The summed E-state index contributed by atoms with van der Waals surface area (Å²) in [5, 5.41) is 8.33. The fourth-order valence-corrected chi connectivity index (χ4v) is 4.75. The maximum Gasteiger partial charge on any atom is 0.416 e. The number of rotatable bonds is 5. The van der Waals surface area contributed by atoms with Gasteiger partial charge in [-0.2, -0.15) is 26.3 Å². The van der Waals surface area contributed by atoms with E-state index in [1.54, 1.807) is 18.2 Å². The Morgan fingerprint density at radius 1 is 0.800 bits per heavy atom. The molecule has 0 radical (unpaired) electrons. The van der Waals surface area contributed by atoms with E-state index >= 15 is 0 Å². The van der Waals surface area contributed by atoms with Crippen molar-refractivity contribution in [1.29, 1.82) is 0 Å². The third-order valence-corrected chi connectivity index (χ3v) is 6.72. The molecule has 2 aromatic carbocycles. The molecule has 0 aliphatic carbocycles. The van der Waals surface area contributed by atoms with Crippen LogP contribution in [-0.4, -0.2) is 31.7 Å².